The maximum Gasteiger partial charge on any atom is 0.414 e. The van der Waals surface area contributed by atoms with Crippen LogP contribution in [0.3, 0.4) is 0 Å². The van der Waals surface area contributed by atoms with E-state index in [-0.39, 0.29) is 38.0 Å². The molecule has 25 heteroatoms. The minimum atomic E-state index is -0.643. The van der Waals surface area contributed by atoms with Crippen LogP contribution in [0.15, 0.2) is 133 Å². The van der Waals surface area contributed by atoms with Crippen LogP contribution in [0.1, 0.15) is 34.6 Å². The summed E-state index contributed by atoms with van der Waals surface area (Å²) in [7, 11) is 0. The second kappa shape index (κ2) is 21.0. The van der Waals surface area contributed by atoms with Crippen LogP contribution in [-0.2, 0) is 37.0 Å². The SMILES string of the molecule is O=C(OC[C@@H]1CC(c2ccc(-c3ccc(N4C[C@H](Cn5ccnn5)OC4=O)cc3F)cn2)=NO1)c1ccc[n+]([O-])c1.O=C1O[C@@H](Cn2ccnn2)CN1c1ccc(-c2ccc(C3=NO[C@H](CO)C3)nc2)c(F)c1. The molecular formula is C48H41F2N13O10. The first-order chi connectivity index (χ1) is 35.5. The average molecular weight is 998 g/mol. The van der Waals surface area contributed by atoms with Crippen LogP contribution < -0.4 is 14.5 Å². The van der Waals surface area contributed by atoms with Crippen molar-refractivity contribution in [3.63, 3.8) is 0 Å². The number of amides is 2. The number of cyclic esters (lactones) is 2. The number of nitrogens with zero attached hydrogens (tertiary/aromatic N) is 13. The van der Waals surface area contributed by atoms with Gasteiger partial charge >= 0.3 is 18.2 Å². The molecule has 0 spiro atoms. The van der Waals surface area contributed by atoms with Crippen LogP contribution in [-0.4, -0.2) is 125 Å². The molecular weight excluding hydrogens is 957 g/mol. The number of aromatic nitrogens is 9. The first-order valence-corrected chi connectivity index (χ1v) is 22.6. The quantitative estimate of drug-likeness (QED) is 0.0681. The van der Waals surface area contributed by atoms with Crippen LogP contribution in [0.5, 0.6) is 0 Å². The Morgan fingerprint density at radius 1 is 0.726 bits per heavy atom. The number of hydrogen-bond donors (Lipinski definition) is 1. The Balaban J connectivity index is 0.000000173. The summed E-state index contributed by atoms with van der Waals surface area (Å²) < 4.78 is 49.7. The maximum atomic E-state index is 15.1. The Kier molecular flexibility index (Phi) is 13.6. The maximum absolute atomic E-state index is 15.1. The predicted molar refractivity (Wildman–Crippen MR) is 249 cm³/mol. The number of carbonyl (C=O) groups excluding carboxylic acids is 3. The highest BCUT2D eigenvalue weighted by molar-refractivity contribution is 6.00. The standard InChI is InChI=1S/C27H22FN7O6.C21H19FN6O4/c28-23-10-19(35-15-21(40-27(35)37)14-33-9-7-30-32-33)4-5-22(23)17-3-6-24(29-12-17)25-11-20(41-31-25)16-39-26(36)18-2-1-8-34(38)13-18;22-18-7-14(28-11-16(31-21(28)30)10-27-6-5-24-26-27)2-3-17(18)13-1-4-19(23-9-13)20-8-15(12-29)32-25-20/h1-10,12-13,20-21H,11,14-16H2;1-7,9,15-16,29H,8,10-12H2/t20-,21-;15-,16-/m00/s1. The number of benzene rings is 2. The molecule has 2 fully saturated rings. The molecule has 5 aromatic heterocycles. The van der Waals surface area contributed by atoms with E-state index >= 15 is 4.39 Å². The molecule has 0 radical (unpaired) electrons. The van der Waals surface area contributed by atoms with Crippen LogP contribution in [0.25, 0.3) is 22.3 Å². The lowest BCUT2D eigenvalue weighted by Crippen LogP contribution is -2.27. The molecule has 0 aliphatic carbocycles. The smallest absolute Gasteiger partial charge is 0.414 e. The van der Waals surface area contributed by atoms with Gasteiger partial charge in [-0.05, 0) is 54.6 Å². The molecule has 4 atom stereocenters. The number of rotatable bonds is 14. The van der Waals surface area contributed by atoms with Gasteiger partial charge in [-0.25, -0.2) is 32.5 Å². The largest absolute Gasteiger partial charge is 0.619 e. The highest BCUT2D eigenvalue weighted by Crippen LogP contribution is 2.32. The van der Waals surface area contributed by atoms with Crippen molar-refractivity contribution in [3.05, 3.63) is 156 Å². The van der Waals surface area contributed by atoms with Crippen molar-refractivity contribution in [1.29, 1.82) is 0 Å². The normalized spacial score (nSPS) is 19.1. The van der Waals surface area contributed by atoms with Crippen molar-refractivity contribution < 1.29 is 56.9 Å². The van der Waals surface area contributed by atoms with Gasteiger partial charge in [0.2, 0.25) is 0 Å². The van der Waals surface area contributed by atoms with E-state index in [9.17, 15) is 24.0 Å². The van der Waals surface area contributed by atoms with Crippen LogP contribution >= 0.6 is 0 Å². The minimum absolute atomic E-state index is 0.0546. The van der Waals surface area contributed by atoms with Gasteiger partial charge in [-0.2, -0.15) is 4.73 Å². The summed E-state index contributed by atoms with van der Waals surface area (Å²) in [6.45, 7) is 1.09. The Hall–Kier alpha value is -9.26. The molecule has 0 unspecified atom stereocenters. The van der Waals surface area contributed by atoms with E-state index in [1.807, 2.05) is 0 Å². The summed E-state index contributed by atoms with van der Waals surface area (Å²) in [5, 5.41) is 43.7. The number of ether oxygens (including phenoxy) is 3. The van der Waals surface area contributed by atoms with E-state index in [2.05, 4.69) is 40.9 Å². The number of oxime groups is 2. The number of hydrogen-bond acceptors (Lipinski definition) is 18. The molecule has 23 nitrogen and oxygen atoms in total. The van der Waals surface area contributed by atoms with Gasteiger partial charge in [-0.1, -0.05) is 32.9 Å². The molecule has 73 heavy (non-hydrogen) atoms. The summed E-state index contributed by atoms with van der Waals surface area (Å²) in [5.41, 5.74) is 5.06. The molecule has 1 N–H and O–H groups in total. The molecule has 2 amide bonds. The van der Waals surface area contributed by atoms with E-state index in [1.54, 1.807) is 82.7 Å². The van der Waals surface area contributed by atoms with Crippen molar-refractivity contribution in [2.45, 2.75) is 50.3 Å². The Bertz CT molecular complexity index is 3180. The molecule has 9 heterocycles. The second-order valence-electron chi connectivity index (χ2n) is 16.8. The molecule has 0 saturated carbocycles. The Morgan fingerprint density at radius 2 is 1.26 bits per heavy atom. The van der Waals surface area contributed by atoms with E-state index in [0.29, 0.717) is 87.1 Å². The van der Waals surface area contributed by atoms with E-state index in [4.69, 9.17) is 29.0 Å². The molecule has 7 aromatic rings. The van der Waals surface area contributed by atoms with Gasteiger partial charge < -0.3 is 34.2 Å². The molecule has 0 bridgehead atoms. The van der Waals surface area contributed by atoms with Crippen molar-refractivity contribution in [1.82, 2.24) is 40.0 Å². The van der Waals surface area contributed by atoms with Crippen LogP contribution in [0, 0.1) is 16.8 Å². The Labute approximate surface area is 412 Å². The van der Waals surface area contributed by atoms with Crippen LogP contribution in [0.2, 0.25) is 0 Å². The van der Waals surface area contributed by atoms with Gasteiger partial charge in [0.25, 0.3) is 0 Å². The highest BCUT2D eigenvalue weighted by atomic mass is 19.1. The summed E-state index contributed by atoms with van der Waals surface area (Å²) in [4.78, 5) is 58.8. The number of aliphatic hydroxyl groups is 1. The third kappa shape index (κ3) is 10.9. The lowest BCUT2D eigenvalue weighted by molar-refractivity contribution is -0.605. The van der Waals surface area contributed by atoms with E-state index in [0.717, 1.165) is 6.20 Å². The fraction of sp³-hybridized carbons (Fsp3) is 0.250. The monoisotopic (exact) mass is 997 g/mol. The molecule has 2 aromatic carbocycles. The predicted octanol–water partition coefficient (Wildman–Crippen LogP) is 4.48. The zero-order valence-electron chi connectivity index (χ0n) is 38.2. The first kappa shape index (κ1) is 47.4. The summed E-state index contributed by atoms with van der Waals surface area (Å²) in [6.07, 6.45) is 9.93. The van der Waals surface area contributed by atoms with Crippen molar-refractivity contribution in [3.8, 4) is 22.3 Å². The minimum Gasteiger partial charge on any atom is -0.619 e. The van der Waals surface area contributed by atoms with E-state index in [1.165, 1.54) is 52.7 Å². The topological polar surface area (TPSA) is 263 Å². The first-order valence-electron chi connectivity index (χ1n) is 22.6. The Morgan fingerprint density at radius 3 is 1.71 bits per heavy atom. The number of anilines is 2. The fourth-order valence-corrected chi connectivity index (χ4v) is 8.17. The zero-order valence-corrected chi connectivity index (χ0v) is 38.2. The van der Waals surface area contributed by atoms with Gasteiger partial charge in [0.05, 0.1) is 67.9 Å². The third-order valence-electron chi connectivity index (χ3n) is 11.8. The molecule has 2 saturated heterocycles. The number of pyridine rings is 3. The molecule has 4 aliphatic rings. The molecule has 372 valence electrons. The van der Waals surface area contributed by atoms with Crippen molar-refractivity contribution >= 4 is 41.0 Å². The highest BCUT2D eigenvalue weighted by Gasteiger charge is 2.35. The van der Waals surface area contributed by atoms with E-state index < -0.39 is 48.1 Å². The number of halogens is 2. The van der Waals surface area contributed by atoms with Crippen molar-refractivity contribution in [2.75, 3.05) is 36.1 Å². The lowest BCUT2D eigenvalue weighted by atomic mass is 10.0. The number of carbonyl (C=O) groups is 3. The molecule has 11 rings (SSSR count). The summed E-state index contributed by atoms with van der Waals surface area (Å²) >= 11 is 0. The fourth-order valence-electron chi connectivity index (χ4n) is 8.17. The average Bonchev–Trinajstić information content (AvgIpc) is 4.28. The summed E-state index contributed by atoms with van der Waals surface area (Å²) in [6, 6.07) is 18.9. The van der Waals surface area contributed by atoms with Gasteiger partial charge in [0.1, 0.15) is 47.4 Å². The molecule has 4 aliphatic heterocycles. The number of aliphatic hydroxyl groups excluding tert-OH is 1. The van der Waals surface area contributed by atoms with Crippen LogP contribution in [0.4, 0.5) is 29.7 Å². The van der Waals surface area contributed by atoms with Gasteiger partial charge in [0.15, 0.2) is 24.6 Å². The second-order valence-corrected chi connectivity index (χ2v) is 16.8. The lowest BCUT2D eigenvalue weighted by Gasteiger charge is -2.14. The van der Waals surface area contributed by atoms with Crippen molar-refractivity contribution in [2.24, 2.45) is 10.3 Å². The number of esters is 1. The van der Waals surface area contributed by atoms with Gasteiger partial charge in [-0.3, -0.25) is 19.8 Å². The summed E-state index contributed by atoms with van der Waals surface area (Å²) in [5.74, 6) is -1.64. The third-order valence-corrected chi connectivity index (χ3v) is 11.8. The van der Waals surface area contributed by atoms with Gasteiger partial charge in [-0.15, -0.1) is 10.2 Å². The van der Waals surface area contributed by atoms with Gasteiger partial charge in [0, 0.05) is 65.9 Å². The zero-order chi connectivity index (χ0) is 50.4.